The fourth-order valence-corrected chi connectivity index (χ4v) is 3.68. The van der Waals surface area contributed by atoms with Crippen LogP contribution in [-0.2, 0) is 10.0 Å². The van der Waals surface area contributed by atoms with Crippen molar-refractivity contribution in [3.63, 3.8) is 0 Å². The van der Waals surface area contributed by atoms with Crippen molar-refractivity contribution < 1.29 is 13.2 Å². The Morgan fingerprint density at radius 1 is 0.852 bits per heavy atom. The van der Waals surface area contributed by atoms with Gasteiger partial charge in [0.2, 0.25) is 0 Å². The number of hydrogen-bond donors (Lipinski definition) is 2. The topological polar surface area (TPSA) is 75.3 Å². The number of benzene rings is 3. The minimum atomic E-state index is -3.67. The Balaban J connectivity index is 1.71. The van der Waals surface area contributed by atoms with Gasteiger partial charge in [-0.25, -0.2) is 8.42 Å². The molecule has 0 radical (unpaired) electrons. The molecule has 3 rings (SSSR count). The average molecular weight is 401 g/mol. The van der Waals surface area contributed by atoms with Gasteiger partial charge in [0.05, 0.1) is 15.5 Å². The lowest BCUT2D eigenvalue weighted by Gasteiger charge is -2.10. The Hall–Kier alpha value is -2.83. The lowest BCUT2D eigenvalue weighted by atomic mass is 10.2. The number of anilines is 2. The second-order valence-corrected chi connectivity index (χ2v) is 8.02. The zero-order valence-electron chi connectivity index (χ0n) is 14.4. The van der Waals surface area contributed by atoms with Crippen molar-refractivity contribution in [2.24, 2.45) is 0 Å². The molecule has 5 nitrogen and oxygen atoms in total. The van der Waals surface area contributed by atoms with Crippen LogP contribution in [0.3, 0.4) is 0 Å². The highest BCUT2D eigenvalue weighted by atomic mass is 35.5. The molecule has 0 heterocycles. The number of halogens is 1. The van der Waals surface area contributed by atoms with Crippen molar-refractivity contribution >= 4 is 38.9 Å². The predicted octanol–water partition coefficient (Wildman–Crippen LogP) is 4.70. The van der Waals surface area contributed by atoms with Gasteiger partial charge in [-0.15, -0.1) is 0 Å². The molecular formula is C20H17ClN2O3S. The van der Waals surface area contributed by atoms with Crippen LogP contribution in [0.4, 0.5) is 11.4 Å². The van der Waals surface area contributed by atoms with Gasteiger partial charge in [0.15, 0.2) is 0 Å². The fourth-order valence-electron chi connectivity index (χ4n) is 2.40. The quantitative estimate of drug-likeness (QED) is 0.651. The highest BCUT2D eigenvalue weighted by Crippen LogP contribution is 2.21. The van der Waals surface area contributed by atoms with E-state index in [-0.39, 0.29) is 10.8 Å². The highest BCUT2D eigenvalue weighted by molar-refractivity contribution is 7.92. The van der Waals surface area contributed by atoms with E-state index in [0.717, 1.165) is 5.56 Å². The van der Waals surface area contributed by atoms with Crippen molar-refractivity contribution in [3.8, 4) is 0 Å². The van der Waals surface area contributed by atoms with Crippen LogP contribution >= 0.6 is 11.6 Å². The molecule has 27 heavy (non-hydrogen) atoms. The molecule has 2 N–H and O–H groups in total. The molecule has 3 aromatic carbocycles. The smallest absolute Gasteiger partial charge is 0.261 e. The van der Waals surface area contributed by atoms with Crippen molar-refractivity contribution in [2.45, 2.75) is 11.8 Å². The third kappa shape index (κ3) is 4.67. The van der Waals surface area contributed by atoms with Crippen molar-refractivity contribution in [2.75, 3.05) is 10.0 Å². The highest BCUT2D eigenvalue weighted by Gasteiger charge is 2.14. The van der Waals surface area contributed by atoms with E-state index in [4.69, 9.17) is 11.6 Å². The summed E-state index contributed by atoms with van der Waals surface area (Å²) in [5.74, 6) is -0.339. The van der Waals surface area contributed by atoms with Crippen LogP contribution in [0, 0.1) is 6.92 Å². The summed E-state index contributed by atoms with van der Waals surface area (Å²) in [4.78, 5) is 12.4. The summed E-state index contributed by atoms with van der Waals surface area (Å²) in [7, 11) is -3.67. The lowest BCUT2D eigenvalue weighted by molar-refractivity contribution is 0.102. The predicted molar refractivity (Wildman–Crippen MR) is 108 cm³/mol. The molecule has 7 heteroatoms. The third-order valence-corrected chi connectivity index (χ3v) is 5.57. The molecule has 138 valence electrons. The van der Waals surface area contributed by atoms with Gasteiger partial charge in [-0.05, 0) is 55.5 Å². The van der Waals surface area contributed by atoms with Gasteiger partial charge >= 0.3 is 0 Å². The molecule has 0 spiro atoms. The number of rotatable bonds is 5. The van der Waals surface area contributed by atoms with E-state index in [2.05, 4.69) is 10.0 Å². The molecule has 0 aliphatic heterocycles. The SMILES string of the molecule is Cc1ccc(S(=O)(=O)Nc2ccc(NC(=O)c3ccccc3Cl)cc2)cc1. The first kappa shape index (κ1) is 18.9. The van der Waals surface area contributed by atoms with E-state index >= 15 is 0 Å². The first-order valence-electron chi connectivity index (χ1n) is 8.10. The third-order valence-electron chi connectivity index (χ3n) is 3.84. The molecular weight excluding hydrogens is 384 g/mol. The van der Waals surface area contributed by atoms with Crippen LogP contribution in [0.2, 0.25) is 5.02 Å². The van der Waals surface area contributed by atoms with Crippen molar-refractivity contribution in [1.82, 2.24) is 0 Å². The molecule has 0 saturated carbocycles. The monoisotopic (exact) mass is 400 g/mol. The second kappa shape index (κ2) is 7.82. The standard InChI is InChI=1S/C20H17ClN2O3S/c1-14-6-12-17(13-7-14)27(25,26)23-16-10-8-15(9-11-16)22-20(24)18-4-2-3-5-19(18)21/h2-13,23H,1H3,(H,22,24). The molecule has 0 fully saturated rings. The maximum atomic E-state index is 12.4. The van der Waals surface area contributed by atoms with Gasteiger partial charge in [-0.2, -0.15) is 0 Å². The second-order valence-electron chi connectivity index (χ2n) is 5.93. The maximum absolute atomic E-state index is 12.4. The summed E-state index contributed by atoms with van der Waals surface area (Å²) in [6.07, 6.45) is 0. The van der Waals surface area contributed by atoms with Crippen LogP contribution in [0.15, 0.2) is 77.7 Å². The Bertz CT molecular complexity index is 1060. The lowest BCUT2D eigenvalue weighted by Crippen LogP contribution is -2.14. The van der Waals surface area contributed by atoms with Gasteiger partial charge in [0, 0.05) is 11.4 Å². The van der Waals surface area contributed by atoms with Gasteiger partial charge in [-0.1, -0.05) is 41.4 Å². The number of aryl methyl sites for hydroxylation is 1. The van der Waals surface area contributed by atoms with Crippen molar-refractivity contribution in [3.05, 3.63) is 88.9 Å². The average Bonchev–Trinajstić information content (AvgIpc) is 2.64. The fraction of sp³-hybridized carbons (Fsp3) is 0.0500. The van der Waals surface area contributed by atoms with Crippen LogP contribution in [0.1, 0.15) is 15.9 Å². The molecule has 1 amide bonds. The maximum Gasteiger partial charge on any atom is 0.261 e. The zero-order valence-corrected chi connectivity index (χ0v) is 16.0. The van der Waals surface area contributed by atoms with Crippen molar-refractivity contribution in [1.29, 1.82) is 0 Å². The molecule has 0 aromatic heterocycles. The molecule has 0 atom stereocenters. The first-order valence-corrected chi connectivity index (χ1v) is 9.97. The van der Waals surface area contributed by atoms with E-state index in [1.54, 1.807) is 72.8 Å². The number of hydrogen-bond acceptors (Lipinski definition) is 3. The normalized spacial score (nSPS) is 11.0. The van der Waals surface area contributed by atoms with E-state index in [1.165, 1.54) is 0 Å². The molecule has 0 bridgehead atoms. The number of amides is 1. The number of nitrogens with one attached hydrogen (secondary N) is 2. The summed E-state index contributed by atoms with van der Waals surface area (Å²) in [5.41, 5.74) is 2.26. The largest absolute Gasteiger partial charge is 0.322 e. The van der Waals surface area contributed by atoms with Crippen LogP contribution in [0.25, 0.3) is 0 Å². The first-order chi connectivity index (χ1) is 12.8. The molecule has 0 unspecified atom stereocenters. The minimum Gasteiger partial charge on any atom is -0.322 e. The van der Waals surface area contributed by atoms with Gasteiger partial charge in [0.25, 0.3) is 15.9 Å². The zero-order chi connectivity index (χ0) is 19.4. The molecule has 0 aliphatic rings. The minimum absolute atomic E-state index is 0.184. The summed E-state index contributed by atoms with van der Waals surface area (Å²) >= 11 is 6.01. The van der Waals surface area contributed by atoms with E-state index in [1.807, 2.05) is 6.92 Å². The molecule has 0 aliphatic carbocycles. The van der Waals surface area contributed by atoms with Crippen LogP contribution in [0.5, 0.6) is 0 Å². The number of sulfonamides is 1. The Morgan fingerprint density at radius 3 is 2.07 bits per heavy atom. The summed E-state index contributed by atoms with van der Waals surface area (Å²) in [6, 6.07) is 19.7. The van der Waals surface area contributed by atoms with Gasteiger partial charge in [-0.3, -0.25) is 9.52 Å². The van der Waals surface area contributed by atoms with Gasteiger partial charge < -0.3 is 5.32 Å². The van der Waals surface area contributed by atoms with E-state index in [9.17, 15) is 13.2 Å². The Morgan fingerprint density at radius 2 is 1.44 bits per heavy atom. The molecule has 0 saturated heterocycles. The summed E-state index contributed by atoms with van der Waals surface area (Å²) in [5, 5.41) is 3.09. The summed E-state index contributed by atoms with van der Waals surface area (Å²) < 4.78 is 27.3. The van der Waals surface area contributed by atoms with E-state index < -0.39 is 10.0 Å². The Labute approximate surface area is 163 Å². The van der Waals surface area contributed by atoms with E-state index in [0.29, 0.717) is 22.0 Å². The number of carbonyl (C=O) groups is 1. The number of carbonyl (C=O) groups excluding carboxylic acids is 1. The van der Waals surface area contributed by atoms with Gasteiger partial charge in [0.1, 0.15) is 0 Å². The van der Waals surface area contributed by atoms with Crippen LogP contribution < -0.4 is 10.0 Å². The van der Waals surface area contributed by atoms with Crippen LogP contribution in [-0.4, -0.2) is 14.3 Å². The Kier molecular flexibility index (Phi) is 5.48. The summed E-state index contributed by atoms with van der Waals surface area (Å²) in [6.45, 7) is 1.89. The molecule has 3 aromatic rings.